The molecule has 1 aromatic carbocycles. The largest absolute Gasteiger partial charge is 0.357 e. The molecule has 2 aliphatic rings. The lowest BCUT2D eigenvalue weighted by atomic mass is 10.2. The molecule has 0 unspecified atom stereocenters. The van der Waals surface area contributed by atoms with Gasteiger partial charge in [-0.15, -0.1) is 0 Å². The number of likely N-dealkylation sites (tertiary alicyclic amines) is 2. The molecule has 0 aliphatic carbocycles. The summed E-state index contributed by atoms with van der Waals surface area (Å²) in [5.74, 6) is 0. The first kappa shape index (κ1) is 20.1. The molecule has 3 rings (SSSR count). The summed E-state index contributed by atoms with van der Waals surface area (Å²) in [6.45, 7) is 6.66. The van der Waals surface area contributed by atoms with E-state index in [4.69, 9.17) is 24.4 Å². The molecule has 0 aromatic heterocycles. The molecule has 0 saturated carbocycles. The molecule has 0 N–H and O–H groups in total. The van der Waals surface area contributed by atoms with Gasteiger partial charge in [-0.3, -0.25) is 0 Å². The SMILES string of the molecule is Cc1cc(SSC(=S)N2CCCC2)ccc1SSC(=S)N1CCCC1. The first-order chi connectivity index (χ1) is 12.1. The minimum Gasteiger partial charge on any atom is -0.357 e. The number of thiocarbonyl (C=S) groups is 2. The highest BCUT2D eigenvalue weighted by molar-refractivity contribution is 8.84. The molecular formula is C17H22N2S6. The van der Waals surface area contributed by atoms with E-state index >= 15 is 0 Å². The summed E-state index contributed by atoms with van der Waals surface area (Å²) >= 11 is 11.1. The van der Waals surface area contributed by atoms with Gasteiger partial charge in [0.25, 0.3) is 0 Å². The Morgan fingerprint density at radius 1 is 0.840 bits per heavy atom. The number of hydrogen-bond donors (Lipinski definition) is 0. The zero-order valence-corrected chi connectivity index (χ0v) is 19.1. The van der Waals surface area contributed by atoms with Crippen molar-refractivity contribution in [1.82, 2.24) is 9.80 Å². The van der Waals surface area contributed by atoms with Crippen LogP contribution in [0.5, 0.6) is 0 Å². The first-order valence-electron chi connectivity index (χ1n) is 8.51. The maximum absolute atomic E-state index is 5.55. The lowest BCUT2D eigenvalue weighted by Gasteiger charge is -2.18. The molecule has 2 aliphatic heterocycles. The van der Waals surface area contributed by atoms with Crippen LogP contribution in [-0.2, 0) is 0 Å². The molecule has 0 spiro atoms. The zero-order valence-electron chi connectivity index (χ0n) is 14.2. The summed E-state index contributed by atoms with van der Waals surface area (Å²) < 4.78 is 2.04. The fraction of sp³-hybridized carbons (Fsp3) is 0.529. The van der Waals surface area contributed by atoms with Crippen molar-refractivity contribution in [3.63, 3.8) is 0 Å². The van der Waals surface area contributed by atoms with Crippen LogP contribution in [0.3, 0.4) is 0 Å². The van der Waals surface area contributed by atoms with E-state index in [1.54, 1.807) is 43.2 Å². The molecule has 2 fully saturated rings. The van der Waals surface area contributed by atoms with Crippen LogP contribution >= 0.6 is 67.6 Å². The normalized spacial score (nSPS) is 17.3. The summed E-state index contributed by atoms with van der Waals surface area (Å²) in [6.07, 6.45) is 5.08. The van der Waals surface area contributed by atoms with Gasteiger partial charge in [0, 0.05) is 36.0 Å². The molecule has 2 nitrogen and oxygen atoms in total. The predicted molar refractivity (Wildman–Crippen MR) is 125 cm³/mol. The van der Waals surface area contributed by atoms with E-state index in [2.05, 4.69) is 34.9 Å². The van der Waals surface area contributed by atoms with Crippen molar-refractivity contribution in [3.8, 4) is 0 Å². The smallest absolute Gasteiger partial charge is 0.147 e. The Hall–Kier alpha value is 0.400. The van der Waals surface area contributed by atoms with E-state index in [1.807, 2.05) is 0 Å². The average Bonchev–Trinajstić information content (AvgIpc) is 3.32. The van der Waals surface area contributed by atoms with E-state index in [1.165, 1.54) is 41.0 Å². The summed E-state index contributed by atoms with van der Waals surface area (Å²) in [5.41, 5.74) is 1.31. The van der Waals surface area contributed by atoms with Crippen molar-refractivity contribution in [3.05, 3.63) is 23.8 Å². The van der Waals surface area contributed by atoms with Crippen molar-refractivity contribution < 1.29 is 0 Å². The summed E-state index contributed by atoms with van der Waals surface area (Å²) in [4.78, 5) is 7.20. The summed E-state index contributed by atoms with van der Waals surface area (Å²) in [7, 11) is 6.97. The second-order valence-electron chi connectivity index (χ2n) is 6.18. The number of hydrogen-bond acceptors (Lipinski definition) is 6. The number of rotatable bonds is 4. The Balaban J connectivity index is 1.48. The lowest BCUT2D eigenvalue weighted by molar-refractivity contribution is 0.539. The van der Waals surface area contributed by atoms with Gasteiger partial charge in [0.05, 0.1) is 0 Å². The maximum atomic E-state index is 5.55. The zero-order chi connectivity index (χ0) is 17.6. The van der Waals surface area contributed by atoms with Crippen LogP contribution in [0.25, 0.3) is 0 Å². The van der Waals surface area contributed by atoms with Crippen LogP contribution in [0.15, 0.2) is 28.0 Å². The van der Waals surface area contributed by atoms with Crippen molar-refractivity contribution in [2.45, 2.75) is 42.4 Å². The number of aryl methyl sites for hydroxylation is 1. The Bertz CT molecular complexity index is 624. The van der Waals surface area contributed by atoms with Gasteiger partial charge < -0.3 is 9.80 Å². The molecule has 1 aromatic rings. The molecule has 2 heterocycles. The number of nitrogens with zero attached hydrogens (tertiary/aromatic N) is 2. The van der Waals surface area contributed by atoms with E-state index < -0.39 is 0 Å². The van der Waals surface area contributed by atoms with Crippen LogP contribution in [0, 0.1) is 6.92 Å². The first-order valence-corrected chi connectivity index (χ1v) is 13.6. The average molecular weight is 447 g/mol. The van der Waals surface area contributed by atoms with Gasteiger partial charge in [0.2, 0.25) is 0 Å². The monoisotopic (exact) mass is 446 g/mol. The van der Waals surface area contributed by atoms with Crippen LogP contribution in [0.1, 0.15) is 31.2 Å². The van der Waals surface area contributed by atoms with E-state index in [-0.39, 0.29) is 0 Å². The Labute approximate surface area is 177 Å². The van der Waals surface area contributed by atoms with Crippen molar-refractivity contribution in [1.29, 1.82) is 0 Å². The molecule has 2 saturated heterocycles. The van der Waals surface area contributed by atoms with Crippen LogP contribution < -0.4 is 0 Å². The Morgan fingerprint density at radius 3 is 1.88 bits per heavy atom. The second kappa shape index (κ2) is 10.1. The third-order valence-corrected chi connectivity index (χ3v) is 10.6. The van der Waals surface area contributed by atoms with E-state index in [0.29, 0.717) is 0 Å². The van der Waals surface area contributed by atoms with Crippen molar-refractivity contribution in [2.24, 2.45) is 0 Å². The standard InChI is InChI=1S/C17H22N2S6/c1-13-12-14(22-24-16(20)18-8-2-3-9-18)6-7-15(13)23-25-17(21)19-10-4-5-11-19/h6-7,12H,2-5,8-11H2,1H3. The van der Waals surface area contributed by atoms with Crippen LogP contribution in [0.4, 0.5) is 0 Å². The summed E-state index contributed by atoms with van der Waals surface area (Å²) in [5, 5.41) is 0. The third-order valence-electron chi connectivity index (χ3n) is 4.29. The fourth-order valence-electron chi connectivity index (χ4n) is 2.84. The highest BCUT2D eigenvalue weighted by Gasteiger charge is 2.17. The molecule has 25 heavy (non-hydrogen) atoms. The molecule has 8 heteroatoms. The highest BCUT2D eigenvalue weighted by atomic mass is 33.1. The minimum absolute atomic E-state index is 1.02. The van der Waals surface area contributed by atoms with Crippen molar-refractivity contribution in [2.75, 3.05) is 26.2 Å². The van der Waals surface area contributed by atoms with Gasteiger partial charge in [0.15, 0.2) is 0 Å². The molecule has 0 amide bonds. The van der Waals surface area contributed by atoms with Crippen LogP contribution in [0.2, 0.25) is 0 Å². The van der Waals surface area contributed by atoms with Crippen LogP contribution in [-0.4, -0.2) is 44.6 Å². The molecular weight excluding hydrogens is 425 g/mol. The van der Waals surface area contributed by atoms with Gasteiger partial charge in [-0.05, 0) is 88.8 Å². The third kappa shape index (κ3) is 5.94. The molecule has 0 radical (unpaired) electrons. The van der Waals surface area contributed by atoms with Gasteiger partial charge >= 0.3 is 0 Å². The quantitative estimate of drug-likeness (QED) is 0.391. The Morgan fingerprint density at radius 2 is 1.36 bits per heavy atom. The maximum Gasteiger partial charge on any atom is 0.147 e. The van der Waals surface area contributed by atoms with Crippen molar-refractivity contribution >= 4 is 76.3 Å². The topological polar surface area (TPSA) is 6.48 Å². The van der Waals surface area contributed by atoms with E-state index in [0.717, 1.165) is 34.8 Å². The predicted octanol–water partition coefficient (Wildman–Crippen LogP) is 6.24. The minimum atomic E-state index is 1.02. The summed E-state index contributed by atoms with van der Waals surface area (Å²) in [6, 6.07) is 6.66. The van der Waals surface area contributed by atoms with Gasteiger partial charge in [0.1, 0.15) is 8.64 Å². The number of benzene rings is 1. The van der Waals surface area contributed by atoms with Gasteiger partial charge in [-0.2, -0.15) is 0 Å². The second-order valence-corrected chi connectivity index (χ2v) is 11.8. The van der Waals surface area contributed by atoms with Gasteiger partial charge in [-0.25, -0.2) is 0 Å². The van der Waals surface area contributed by atoms with Gasteiger partial charge in [-0.1, -0.05) is 35.2 Å². The van der Waals surface area contributed by atoms with E-state index in [9.17, 15) is 0 Å². The molecule has 0 atom stereocenters. The molecule has 0 bridgehead atoms. The fourth-order valence-corrected chi connectivity index (χ4v) is 7.87. The highest BCUT2D eigenvalue weighted by Crippen LogP contribution is 2.40. The Kier molecular flexibility index (Phi) is 8.12. The lowest BCUT2D eigenvalue weighted by Crippen LogP contribution is -2.22. The molecule has 136 valence electrons.